The molecule has 1 saturated heterocycles. The molecule has 1 aliphatic heterocycles. The van der Waals surface area contributed by atoms with E-state index in [1.807, 2.05) is 0 Å². The Balaban J connectivity index is 2.07. The molecule has 7 unspecified atom stereocenters. The van der Waals surface area contributed by atoms with Crippen LogP contribution in [-0.4, -0.2) is 87.5 Å². The van der Waals surface area contributed by atoms with Crippen molar-refractivity contribution >= 4 is 5.91 Å². The second-order valence-corrected chi connectivity index (χ2v) is 24.0. The smallest absolute Gasteiger partial charge is 0.220 e. The summed E-state index contributed by atoms with van der Waals surface area (Å²) in [6.07, 6.45) is 68.1. The molecule has 0 aromatic carbocycles. The first-order valence-corrected chi connectivity index (χ1v) is 34.0. The van der Waals surface area contributed by atoms with Crippen LogP contribution in [0.15, 0.2) is 24.3 Å². The van der Waals surface area contributed by atoms with Crippen molar-refractivity contribution < 1.29 is 39.8 Å². The Morgan fingerprint density at radius 3 is 1.12 bits per heavy atom. The summed E-state index contributed by atoms with van der Waals surface area (Å²) in [6, 6.07) is -0.717. The van der Waals surface area contributed by atoms with Crippen molar-refractivity contribution in [2.75, 3.05) is 13.2 Å². The van der Waals surface area contributed by atoms with Gasteiger partial charge in [-0.15, -0.1) is 0 Å². The quantitative estimate of drug-likeness (QED) is 0.0261. The van der Waals surface area contributed by atoms with E-state index in [4.69, 9.17) is 9.47 Å². The summed E-state index contributed by atoms with van der Waals surface area (Å²) in [4.78, 5) is 13.1. The molecule has 6 N–H and O–H groups in total. The highest BCUT2D eigenvalue weighted by atomic mass is 16.7. The largest absolute Gasteiger partial charge is 0.394 e. The first-order valence-electron chi connectivity index (χ1n) is 34.0. The zero-order chi connectivity index (χ0) is 55.8. The first kappa shape index (κ1) is 73.7. The maximum absolute atomic E-state index is 13.1. The Hall–Kier alpha value is -1.33. The minimum Gasteiger partial charge on any atom is -0.394 e. The van der Waals surface area contributed by atoms with E-state index in [-0.39, 0.29) is 12.5 Å². The number of carbonyl (C=O) groups excluding carboxylic acids is 1. The lowest BCUT2D eigenvalue weighted by atomic mass is 9.99. The molecule has 1 heterocycles. The highest BCUT2D eigenvalue weighted by Crippen LogP contribution is 2.24. The summed E-state index contributed by atoms with van der Waals surface area (Å²) in [6.45, 7) is 3.88. The van der Waals surface area contributed by atoms with E-state index < -0.39 is 49.5 Å². The minimum absolute atomic E-state index is 0.133. The molecule has 9 nitrogen and oxygen atoms in total. The molecule has 0 bridgehead atoms. The Morgan fingerprint density at radius 1 is 0.442 bits per heavy atom. The number of rotatable bonds is 60. The van der Waals surface area contributed by atoms with Gasteiger partial charge in [-0.1, -0.05) is 321 Å². The summed E-state index contributed by atoms with van der Waals surface area (Å²) in [5, 5.41) is 54.8. The lowest BCUT2D eigenvalue weighted by molar-refractivity contribution is -0.302. The summed E-state index contributed by atoms with van der Waals surface area (Å²) in [7, 11) is 0. The van der Waals surface area contributed by atoms with Crippen LogP contribution in [0.2, 0.25) is 0 Å². The number of allylic oxidation sites excluding steroid dienone is 4. The van der Waals surface area contributed by atoms with Gasteiger partial charge < -0.3 is 40.3 Å². The molecule has 456 valence electrons. The molecule has 1 rings (SSSR count). The predicted octanol–water partition coefficient (Wildman–Crippen LogP) is 18.1. The van der Waals surface area contributed by atoms with E-state index in [2.05, 4.69) is 43.5 Å². The van der Waals surface area contributed by atoms with Crippen LogP contribution in [0.1, 0.15) is 348 Å². The normalized spacial score (nSPS) is 18.8. The lowest BCUT2D eigenvalue weighted by Gasteiger charge is -2.40. The molecule has 0 spiro atoms. The zero-order valence-corrected chi connectivity index (χ0v) is 51.0. The fourth-order valence-corrected chi connectivity index (χ4v) is 11.2. The molecule has 1 amide bonds. The standard InChI is InChI=1S/C68H131NO8/c1-3-5-7-9-11-13-15-17-19-21-23-24-25-26-27-28-29-30-31-32-33-34-35-36-37-38-40-42-44-46-48-50-52-54-56-58-64(72)69-61(60-76-68-67(75)66(74)65(73)63(59-70)77-68)62(71)57-55-53-51-49-47-45-43-41-39-22-20-18-16-14-12-10-8-6-4-2/h15,17,21,23,61-63,65-68,70-71,73-75H,3-14,16,18-20,22,24-60H2,1-2H3,(H,69,72)/b17-15-,23-21-. The third-order valence-corrected chi connectivity index (χ3v) is 16.6. The summed E-state index contributed by atoms with van der Waals surface area (Å²) in [5.41, 5.74) is 0. The number of carbonyl (C=O) groups is 1. The van der Waals surface area contributed by atoms with Crippen LogP contribution >= 0.6 is 0 Å². The number of aliphatic hydroxyl groups excluding tert-OH is 5. The molecule has 0 aromatic rings. The fraction of sp³-hybridized carbons (Fsp3) is 0.926. The van der Waals surface area contributed by atoms with Crippen molar-refractivity contribution in [3.63, 3.8) is 0 Å². The van der Waals surface area contributed by atoms with Crippen LogP contribution in [-0.2, 0) is 14.3 Å². The number of amides is 1. The van der Waals surface area contributed by atoms with Crippen molar-refractivity contribution in [3.05, 3.63) is 24.3 Å². The van der Waals surface area contributed by atoms with Crippen molar-refractivity contribution in [1.82, 2.24) is 5.32 Å². The number of hydrogen-bond acceptors (Lipinski definition) is 8. The Morgan fingerprint density at radius 2 is 0.766 bits per heavy atom. The van der Waals surface area contributed by atoms with Crippen molar-refractivity contribution in [3.8, 4) is 0 Å². The van der Waals surface area contributed by atoms with Crippen molar-refractivity contribution in [1.29, 1.82) is 0 Å². The summed E-state index contributed by atoms with van der Waals surface area (Å²) < 4.78 is 11.4. The molecule has 0 aromatic heterocycles. The number of aliphatic hydroxyl groups is 5. The van der Waals surface area contributed by atoms with Gasteiger partial charge in [0.05, 0.1) is 25.4 Å². The second kappa shape index (κ2) is 57.9. The Kier molecular flexibility index (Phi) is 55.4. The molecular weight excluding hydrogens is 959 g/mol. The molecule has 1 aliphatic rings. The fourth-order valence-electron chi connectivity index (χ4n) is 11.2. The van der Waals surface area contributed by atoms with Crippen LogP contribution < -0.4 is 5.32 Å². The van der Waals surface area contributed by atoms with Gasteiger partial charge in [-0.3, -0.25) is 4.79 Å². The molecule has 1 fully saturated rings. The van der Waals surface area contributed by atoms with Crippen LogP contribution in [0.5, 0.6) is 0 Å². The van der Waals surface area contributed by atoms with Gasteiger partial charge >= 0.3 is 0 Å². The van der Waals surface area contributed by atoms with E-state index in [9.17, 15) is 30.3 Å². The minimum atomic E-state index is -1.55. The van der Waals surface area contributed by atoms with Crippen LogP contribution in [0.25, 0.3) is 0 Å². The second-order valence-electron chi connectivity index (χ2n) is 24.0. The molecule has 9 heteroatoms. The first-order chi connectivity index (χ1) is 37.8. The topological polar surface area (TPSA) is 149 Å². The maximum atomic E-state index is 13.1. The molecular formula is C68H131NO8. The lowest BCUT2D eigenvalue weighted by Crippen LogP contribution is -2.60. The molecule has 7 atom stereocenters. The van der Waals surface area contributed by atoms with Crippen molar-refractivity contribution in [2.24, 2.45) is 0 Å². The highest BCUT2D eigenvalue weighted by molar-refractivity contribution is 5.76. The molecule has 77 heavy (non-hydrogen) atoms. The van der Waals surface area contributed by atoms with Crippen LogP contribution in [0.3, 0.4) is 0 Å². The van der Waals surface area contributed by atoms with Gasteiger partial charge in [0.2, 0.25) is 5.91 Å². The van der Waals surface area contributed by atoms with E-state index in [0.717, 1.165) is 44.9 Å². The third kappa shape index (κ3) is 46.9. The Bertz CT molecular complexity index is 1260. The van der Waals surface area contributed by atoms with E-state index in [1.165, 1.54) is 276 Å². The third-order valence-electron chi connectivity index (χ3n) is 16.6. The average molecular weight is 1090 g/mol. The van der Waals surface area contributed by atoms with Crippen molar-refractivity contribution in [2.45, 2.75) is 391 Å². The number of unbranched alkanes of at least 4 members (excludes halogenated alkanes) is 46. The number of ether oxygens (including phenoxy) is 2. The van der Waals surface area contributed by atoms with Gasteiger partial charge in [0.1, 0.15) is 24.4 Å². The predicted molar refractivity (Wildman–Crippen MR) is 327 cm³/mol. The van der Waals surface area contributed by atoms with Gasteiger partial charge in [0, 0.05) is 6.42 Å². The zero-order valence-electron chi connectivity index (χ0n) is 51.0. The summed E-state index contributed by atoms with van der Waals surface area (Å²) >= 11 is 0. The van der Waals surface area contributed by atoms with Crippen LogP contribution in [0.4, 0.5) is 0 Å². The van der Waals surface area contributed by atoms with E-state index >= 15 is 0 Å². The Labute approximate surface area is 477 Å². The molecule has 0 radical (unpaired) electrons. The van der Waals surface area contributed by atoms with Gasteiger partial charge in [0.15, 0.2) is 6.29 Å². The number of nitrogens with one attached hydrogen (secondary N) is 1. The van der Waals surface area contributed by atoms with Gasteiger partial charge in [-0.25, -0.2) is 0 Å². The van der Waals surface area contributed by atoms with E-state index in [1.54, 1.807) is 0 Å². The van der Waals surface area contributed by atoms with Gasteiger partial charge in [0.25, 0.3) is 0 Å². The average Bonchev–Trinajstić information content (AvgIpc) is 3.43. The maximum Gasteiger partial charge on any atom is 0.220 e. The number of hydrogen-bond donors (Lipinski definition) is 6. The van der Waals surface area contributed by atoms with Gasteiger partial charge in [-0.2, -0.15) is 0 Å². The highest BCUT2D eigenvalue weighted by Gasteiger charge is 2.44. The molecule has 0 aliphatic carbocycles. The summed E-state index contributed by atoms with van der Waals surface area (Å²) in [5.74, 6) is -0.136. The SMILES string of the molecule is CCCCCCC/C=C\C/C=C\CCCCCCCCCCCCCCCCCCCCCCCCCC(=O)NC(COC1OC(CO)C(O)C(O)C1O)C(O)CCCCCCCCCCCCCCCCCCCCC. The molecule has 0 saturated carbocycles. The monoisotopic (exact) mass is 1090 g/mol. The van der Waals surface area contributed by atoms with Gasteiger partial charge in [-0.05, 0) is 44.9 Å². The van der Waals surface area contributed by atoms with Crippen LogP contribution in [0, 0.1) is 0 Å². The van der Waals surface area contributed by atoms with E-state index in [0.29, 0.717) is 12.8 Å².